The highest BCUT2D eigenvalue weighted by Gasteiger charge is 2.40. The summed E-state index contributed by atoms with van der Waals surface area (Å²) in [6, 6.07) is 0.551. The largest absolute Gasteiger partial charge is 0.480 e. The Labute approximate surface area is 88.8 Å². The number of carboxylic acid groups (broad SMARTS) is 1. The first-order valence-corrected chi connectivity index (χ1v) is 6.88. The van der Waals surface area contributed by atoms with Crippen molar-refractivity contribution in [3.05, 3.63) is 0 Å². The lowest BCUT2D eigenvalue weighted by atomic mass is 10.1. The van der Waals surface area contributed by atoms with Crippen LogP contribution in [0.2, 0.25) is 0 Å². The normalized spacial score (nSPS) is 35.3. The van der Waals surface area contributed by atoms with E-state index in [1.165, 1.54) is 0 Å². The second kappa shape index (κ2) is 3.75. The van der Waals surface area contributed by atoms with Crippen LogP contribution in [-0.2, 0) is 14.6 Å². The van der Waals surface area contributed by atoms with E-state index in [2.05, 4.69) is 5.32 Å². The molecule has 3 atom stereocenters. The number of fused-ring (bicyclic) bond motifs is 2. The summed E-state index contributed by atoms with van der Waals surface area (Å²) in [6.45, 7) is 0. The molecular formula is C9H15NO4S. The van der Waals surface area contributed by atoms with Gasteiger partial charge in [0, 0.05) is 12.1 Å². The summed E-state index contributed by atoms with van der Waals surface area (Å²) < 4.78 is 23.4. The second-order valence-electron chi connectivity index (χ2n) is 4.43. The third kappa shape index (κ3) is 2.31. The molecule has 2 aliphatic heterocycles. The van der Waals surface area contributed by atoms with Crippen molar-refractivity contribution in [1.29, 1.82) is 0 Å². The molecule has 15 heavy (non-hydrogen) atoms. The van der Waals surface area contributed by atoms with Gasteiger partial charge in [-0.2, -0.15) is 0 Å². The number of carbonyl (C=O) groups is 1. The maximum Gasteiger partial charge on any atom is 0.318 e. The number of rotatable bonds is 3. The molecule has 0 aromatic rings. The number of hydrogen-bond acceptors (Lipinski definition) is 4. The van der Waals surface area contributed by atoms with Crippen molar-refractivity contribution in [3.63, 3.8) is 0 Å². The number of sulfone groups is 1. The van der Waals surface area contributed by atoms with Crippen LogP contribution in [0.3, 0.4) is 0 Å². The summed E-state index contributed by atoms with van der Waals surface area (Å²) in [7, 11) is -3.45. The van der Waals surface area contributed by atoms with E-state index in [0.717, 1.165) is 12.8 Å². The van der Waals surface area contributed by atoms with E-state index in [0.29, 0.717) is 12.8 Å². The van der Waals surface area contributed by atoms with Crippen LogP contribution in [-0.4, -0.2) is 42.6 Å². The Morgan fingerprint density at radius 1 is 1.27 bits per heavy atom. The van der Waals surface area contributed by atoms with Gasteiger partial charge in [-0.3, -0.25) is 4.79 Å². The Morgan fingerprint density at radius 2 is 1.80 bits per heavy atom. The molecule has 0 saturated carbocycles. The lowest BCUT2D eigenvalue weighted by Gasteiger charge is -2.28. The van der Waals surface area contributed by atoms with E-state index in [1.807, 2.05) is 0 Å². The van der Waals surface area contributed by atoms with Crippen LogP contribution in [0.15, 0.2) is 0 Å². The predicted molar refractivity (Wildman–Crippen MR) is 54.4 cm³/mol. The number of nitrogens with one attached hydrogen (secondary N) is 1. The molecular weight excluding hydrogens is 218 g/mol. The van der Waals surface area contributed by atoms with Gasteiger partial charge in [0.05, 0.1) is 5.25 Å². The van der Waals surface area contributed by atoms with Crippen molar-refractivity contribution < 1.29 is 18.3 Å². The topological polar surface area (TPSA) is 83.5 Å². The summed E-state index contributed by atoms with van der Waals surface area (Å²) in [5.74, 6) is -1.97. The maximum atomic E-state index is 11.7. The number of carboxylic acids is 1. The first-order valence-electron chi connectivity index (χ1n) is 5.17. The first-order chi connectivity index (χ1) is 6.97. The lowest BCUT2D eigenvalue weighted by Crippen LogP contribution is -2.44. The zero-order chi connectivity index (χ0) is 11.1. The van der Waals surface area contributed by atoms with E-state index in [4.69, 9.17) is 5.11 Å². The molecule has 0 aromatic carbocycles. The Bertz CT molecular complexity index is 352. The molecule has 2 rings (SSSR count). The summed E-state index contributed by atoms with van der Waals surface area (Å²) in [5.41, 5.74) is 0. The molecule has 2 fully saturated rings. The smallest absolute Gasteiger partial charge is 0.318 e. The van der Waals surface area contributed by atoms with Crippen LogP contribution in [0, 0.1) is 0 Å². The lowest BCUT2D eigenvalue weighted by molar-refractivity contribution is -0.134. The second-order valence-corrected chi connectivity index (χ2v) is 6.71. The van der Waals surface area contributed by atoms with Crippen LogP contribution in [0.25, 0.3) is 0 Å². The van der Waals surface area contributed by atoms with E-state index in [1.54, 1.807) is 0 Å². The van der Waals surface area contributed by atoms with E-state index in [-0.39, 0.29) is 12.1 Å². The van der Waals surface area contributed by atoms with Crippen molar-refractivity contribution in [2.24, 2.45) is 0 Å². The average molecular weight is 233 g/mol. The van der Waals surface area contributed by atoms with Crippen LogP contribution in [0.1, 0.15) is 25.7 Å². The number of aliphatic carboxylic acids is 1. The van der Waals surface area contributed by atoms with Crippen molar-refractivity contribution in [2.45, 2.75) is 43.0 Å². The highest BCUT2D eigenvalue weighted by Crippen LogP contribution is 2.30. The fourth-order valence-corrected chi connectivity index (χ4v) is 4.22. The van der Waals surface area contributed by atoms with Gasteiger partial charge < -0.3 is 10.4 Å². The monoisotopic (exact) mass is 233 g/mol. The van der Waals surface area contributed by atoms with Gasteiger partial charge in [-0.15, -0.1) is 0 Å². The Kier molecular flexibility index (Phi) is 2.72. The van der Waals surface area contributed by atoms with Crippen molar-refractivity contribution in [3.8, 4) is 0 Å². The minimum absolute atomic E-state index is 0.275. The van der Waals surface area contributed by atoms with Crippen molar-refractivity contribution >= 4 is 15.8 Å². The summed E-state index contributed by atoms with van der Waals surface area (Å²) >= 11 is 0. The van der Waals surface area contributed by atoms with Gasteiger partial charge in [-0.25, -0.2) is 8.42 Å². The van der Waals surface area contributed by atoms with Gasteiger partial charge in [0.2, 0.25) is 0 Å². The molecule has 5 nitrogen and oxygen atoms in total. The molecule has 0 aromatic heterocycles. The van der Waals surface area contributed by atoms with E-state index >= 15 is 0 Å². The molecule has 0 spiro atoms. The fraction of sp³-hybridized carbons (Fsp3) is 0.889. The molecule has 0 radical (unpaired) electrons. The maximum absolute atomic E-state index is 11.7. The van der Waals surface area contributed by atoms with Gasteiger partial charge in [0.25, 0.3) is 0 Å². The van der Waals surface area contributed by atoms with Gasteiger partial charge in [-0.1, -0.05) is 0 Å². The minimum atomic E-state index is -3.45. The zero-order valence-electron chi connectivity index (χ0n) is 8.35. The van der Waals surface area contributed by atoms with Crippen LogP contribution in [0.4, 0.5) is 0 Å². The number of piperidine rings is 1. The van der Waals surface area contributed by atoms with Gasteiger partial charge in [0.15, 0.2) is 9.84 Å². The molecule has 6 heteroatoms. The SMILES string of the molecule is O=C(O)CS(=O)(=O)C1C[C@H]2CC[C@@H](C1)N2. The Hall–Kier alpha value is -0.620. The Balaban J connectivity index is 2.08. The first kappa shape index (κ1) is 10.9. The minimum Gasteiger partial charge on any atom is -0.480 e. The molecule has 2 aliphatic rings. The number of hydrogen-bond donors (Lipinski definition) is 2. The summed E-state index contributed by atoms with van der Waals surface area (Å²) in [4.78, 5) is 10.4. The highest BCUT2D eigenvalue weighted by molar-refractivity contribution is 7.92. The molecule has 2 heterocycles. The average Bonchev–Trinajstić information content (AvgIpc) is 2.43. The third-order valence-corrected chi connectivity index (χ3v) is 5.31. The molecule has 2 saturated heterocycles. The molecule has 86 valence electrons. The van der Waals surface area contributed by atoms with Gasteiger partial charge in [-0.05, 0) is 25.7 Å². The molecule has 0 amide bonds. The van der Waals surface area contributed by atoms with Crippen LogP contribution < -0.4 is 5.32 Å². The van der Waals surface area contributed by atoms with Crippen molar-refractivity contribution in [1.82, 2.24) is 5.32 Å². The fourth-order valence-electron chi connectivity index (χ4n) is 2.59. The van der Waals surface area contributed by atoms with E-state index < -0.39 is 26.8 Å². The molecule has 1 unspecified atom stereocenters. The van der Waals surface area contributed by atoms with Gasteiger partial charge >= 0.3 is 5.97 Å². The zero-order valence-corrected chi connectivity index (χ0v) is 9.16. The quantitative estimate of drug-likeness (QED) is 0.703. The van der Waals surface area contributed by atoms with Gasteiger partial charge in [0.1, 0.15) is 5.75 Å². The van der Waals surface area contributed by atoms with Crippen LogP contribution in [0.5, 0.6) is 0 Å². The Morgan fingerprint density at radius 3 is 2.27 bits per heavy atom. The summed E-state index contributed by atoms with van der Waals surface area (Å²) in [6.07, 6.45) is 3.19. The summed E-state index contributed by atoms with van der Waals surface area (Å²) in [5, 5.41) is 11.4. The van der Waals surface area contributed by atoms with E-state index in [9.17, 15) is 13.2 Å². The van der Waals surface area contributed by atoms with Crippen LogP contribution >= 0.6 is 0 Å². The molecule has 2 bridgehead atoms. The standard InChI is InChI=1S/C9H15NO4S/c11-9(12)5-15(13,14)8-3-6-1-2-7(4-8)10-6/h6-8,10H,1-5H2,(H,11,12)/t6-,7+,8?. The predicted octanol–water partition coefficient (Wildman–Crippen LogP) is -0.231. The highest BCUT2D eigenvalue weighted by atomic mass is 32.2. The molecule has 2 N–H and O–H groups in total. The van der Waals surface area contributed by atoms with Crippen molar-refractivity contribution in [2.75, 3.05) is 5.75 Å². The third-order valence-electron chi connectivity index (χ3n) is 3.26. The molecule has 0 aliphatic carbocycles.